The van der Waals surface area contributed by atoms with Crippen LogP contribution in [0.1, 0.15) is 24.2 Å². The van der Waals surface area contributed by atoms with Crippen LogP contribution in [-0.2, 0) is 24.2 Å². The number of ether oxygens (including phenoxy) is 1. The van der Waals surface area contributed by atoms with E-state index in [1.807, 2.05) is 48.5 Å². The van der Waals surface area contributed by atoms with Gasteiger partial charge in [-0.1, -0.05) is 30.3 Å². The number of hydrogen-bond acceptors (Lipinski definition) is 3. The standard InChI is InChI=1S/C22H21N3O2/c26-22(20-13-16-6-1-2-9-19(16)27-20)23-17-8-5-7-15(12-17)18-14-25-11-4-3-10-21(25)24-18/h1-2,5-9,12,14,20H,3-4,10-11,13H2,(H,23,26). The summed E-state index contributed by atoms with van der Waals surface area (Å²) < 4.78 is 8.03. The number of fused-ring (bicyclic) bond motifs is 2. The molecule has 0 radical (unpaired) electrons. The van der Waals surface area contributed by atoms with Crippen LogP contribution in [0.15, 0.2) is 54.7 Å². The minimum Gasteiger partial charge on any atom is -0.480 e. The minimum atomic E-state index is -0.481. The van der Waals surface area contributed by atoms with E-state index in [9.17, 15) is 4.79 Å². The molecule has 0 saturated carbocycles. The van der Waals surface area contributed by atoms with Gasteiger partial charge in [0.05, 0.1) is 5.69 Å². The third-order valence-electron chi connectivity index (χ3n) is 5.27. The molecule has 2 aliphatic rings. The second-order valence-corrected chi connectivity index (χ2v) is 7.18. The molecule has 1 amide bonds. The minimum absolute atomic E-state index is 0.118. The van der Waals surface area contributed by atoms with Gasteiger partial charge in [-0.25, -0.2) is 4.98 Å². The summed E-state index contributed by atoms with van der Waals surface area (Å²) in [5.74, 6) is 1.84. The Balaban J connectivity index is 1.32. The second-order valence-electron chi connectivity index (χ2n) is 7.18. The molecule has 1 aromatic heterocycles. The highest BCUT2D eigenvalue weighted by molar-refractivity contribution is 5.95. The molecule has 1 atom stereocenters. The Labute approximate surface area is 158 Å². The monoisotopic (exact) mass is 359 g/mol. The summed E-state index contributed by atoms with van der Waals surface area (Å²) in [7, 11) is 0. The van der Waals surface area contributed by atoms with Gasteiger partial charge in [-0.3, -0.25) is 4.79 Å². The SMILES string of the molecule is O=C(Nc1cccc(-c2cn3c(n2)CCCC3)c1)C1Cc2ccccc2O1. The Morgan fingerprint density at radius 3 is 2.96 bits per heavy atom. The van der Waals surface area contributed by atoms with Crippen LogP contribution < -0.4 is 10.1 Å². The number of anilines is 1. The predicted molar refractivity (Wildman–Crippen MR) is 104 cm³/mol. The highest BCUT2D eigenvalue weighted by atomic mass is 16.5. The van der Waals surface area contributed by atoms with E-state index >= 15 is 0 Å². The van der Waals surface area contributed by atoms with Crippen LogP contribution in [0.4, 0.5) is 5.69 Å². The zero-order valence-corrected chi connectivity index (χ0v) is 15.0. The van der Waals surface area contributed by atoms with Gasteiger partial charge < -0.3 is 14.6 Å². The normalized spacial score (nSPS) is 17.7. The molecule has 27 heavy (non-hydrogen) atoms. The van der Waals surface area contributed by atoms with Crippen LogP contribution in [0, 0.1) is 0 Å². The lowest BCUT2D eigenvalue weighted by Gasteiger charge is -2.12. The van der Waals surface area contributed by atoms with Crippen LogP contribution in [0.2, 0.25) is 0 Å². The number of benzene rings is 2. The molecule has 2 aliphatic heterocycles. The smallest absolute Gasteiger partial charge is 0.265 e. The average molecular weight is 359 g/mol. The number of hydrogen-bond donors (Lipinski definition) is 1. The van der Waals surface area contributed by atoms with E-state index < -0.39 is 6.10 Å². The van der Waals surface area contributed by atoms with Crippen LogP contribution in [0.25, 0.3) is 11.3 Å². The molecular formula is C22H21N3O2. The van der Waals surface area contributed by atoms with Crippen molar-refractivity contribution in [3.63, 3.8) is 0 Å². The van der Waals surface area contributed by atoms with Gasteiger partial charge >= 0.3 is 0 Å². The van der Waals surface area contributed by atoms with Gasteiger partial charge in [-0.2, -0.15) is 0 Å². The molecule has 0 aliphatic carbocycles. The Morgan fingerprint density at radius 2 is 2.07 bits per heavy atom. The van der Waals surface area contributed by atoms with Gasteiger partial charge in [0.25, 0.3) is 5.91 Å². The summed E-state index contributed by atoms with van der Waals surface area (Å²) in [6, 6.07) is 15.7. The van der Waals surface area contributed by atoms with E-state index in [1.165, 1.54) is 12.8 Å². The van der Waals surface area contributed by atoms with Crippen molar-refractivity contribution < 1.29 is 9.53 Å². The predicted octanol–water partition coefficient (Wildman–Crippen LogP) is 3.83. The Kier molecular flexibility index (Phi) is 3.93. The summed E-state index contributed by atoms with van der Waals surface area (Å²) in [6.07, 6.45) is 5.70. The highest BCUT2D eigenvalue weighted by Crippen LogP contribution is 2.29. The summed E-state index contributed by atoms with van der Waals surface area (Å²) in [5, 5.41) is 2.99. The summed E-state index contributed by atoms with van der Waals surface area (Å²) in [4.78, 5) is 17.4. The van der Waals surface area contributed by atoms with E-state index in [4.69, 9.17) is 9.72 Å². The van der Waals surface area contributed by atoms with Crippen molar-refractivity contribution in [1.82, 2.24) is 9.55 Å². The fourth-order valence-corrected chi connectivity index (χ4v) is 3.86. The number of rotatable bonds is 3. The molecule has 1 N–H and O–H groups in total. The van der Waals surface area contributed by atoms with Crippen LogP contribution in [0.5, 0.6) is 5.75 Å². The zero-order valence-electron chi connectivity index (χ0n) is 15.0. The molecule has 5 heteroatoms. The number of nitrogens with one attached hydrogen (secondary N) is 1. The number of nitrogens with zero attached hydrogens (tertiary/aromatic N) is 2. The number of imidazole rings is 1. The van der Waals surface area contributed by atoms with Crippen LogP contribution in [-0.4, -0.2) is 21.6 Å². The van der Waals surface area contributed by atoms with Crippen molar-refractivity contribution in [2.24, 2.45) is 0 Å². The number of carbonyl (C=O) groups excluding carboxylic acids is 1. The average Bonchev–Trinajstić information content (AvgIpc) is 3.32. The Hall–Kier alpha value is -3.08. The molecule has 5 rings (SSSR count). The lowest BCUT2D eigenvalue weighted by molar-refractivity contribution is -0.122. The van der Waals surface area contributed by atoms with Crippen molar-refractivity contribution in [1.29, 1.82) is 0 Å². The van der Waals surface area contributed by atoms with Crippen molar-refractivity contribution in [2.45, 2.75) is 38.3 Å². The molecule has 5 nitrogen and oxygen atoms in total. The topological polar surface area (TPSA) is 56.2 Å². The van der Waals surface area contributed by atoms with Gasteiger partial charge in [0, 0.05) is 36.8 Å². The van der Waals surface area contributed by atoms with E-state index in [2.05, 4.69) is 16.1 Å². The number of para-hydroxylation sites is 1. The molecule has 2 aromatic carbocycles. The van der Waals surface area contributed by atoms with E-state index in [0.717, 1.165) is 47.0 Å². The number of aryl methyl sites for hydroxylation is 2. The molecule has 3 aromatic rings. The van der Waals surface area contributed by atoms with Gasteiger partial charge in [0.15, 0.2) is 6.10 Å². The Morgan fingerprint density at radius 1 is 1.15 bits per heavy atom. The first-order valence-corrected chi connectivity index (χ1v) is 9.48. The van der Waals surface area contributed by atoms with Gasteiger partial charge in [0.2, 0.25) is 0 Å². The lowest BCUT2D eigenvalue weighted by Crippen LogP contribution is -2.31. The third kappa shape index (κ3) is 3.10. The molecule has 3 heterocycles. The first-order chi connectivity index (χ1) is 13.3. The maximum Gasteiger partial charge on any atom is 0.265 e. The maximum atomic E-state index is 12.6. The van der Waals surface area contributed by atoms with E-state index in [1.54, 1.807) is 0 Å². The summed E-state index contributed by atoms with van der Waals surface area (Å²) >= 11 is 0. The van der Waals surface area contributed by atoms with Gasteiger partial charge in [-0.15, -0.1) is 0 Å². The summed E-state index contributed by atoms with van der Waals surface area (Å²) in [6.45, 7) is 1.04. The lowest BCUT2D eigenvalue weighted by atomic mass is 10.1. The van der Waals surface area contributed by atoms with E-state index in [-0.39, 0.29) is 5.91 Å². The van der Waals surface area contributed by atoms with Crippen molar-refractivity contribution in [2.75, 3.05) is 5.32 Å². The molecule has 0 spiro atoms. The fraction of sp³-hybridized carbons (Fsp3) is 0.273. The zero-order chi connectivity index (χ0) is 18.2. The third-order valence-corrected chi connectivity index (χ3v) is 5.27. The fourth-order valence-electron chi connectivity index (χ4n) is 3.86. The first kappa shape index (κ1) is 16.1. The van der Waals surface area contributed by atoms with Crippen molar-refractivity contribution >= 4 is 11.6 Å². The number of aromatic nitrogens is 2. The van der Waals surface area contributed by atoms with Crippen LogP contribution >= 0.6 is 0 Å². The molecule has 0 fully saturated rings. The maximum absolute atomic E-state index is 12.6. The highest BCUT2D eigenvalue weighted by Gasteiger charge is 2.28. The van der Waals surface area contributed by atoms with Crippen molar-refractivity contribution in [3.05, 3.63) is 66.1 Å². The molecule has 136 valence electrons. The molecule has 0 bridgehead atoms. The Bertz CT molecular complexity index is 960. The van der Waals surface area contributed by atoms with Gasteiger partial charge in [-0.05, 0) is 36.6 Å². The molecule has 1 unspecified atom stereocenters. The molecule has 0 saturated heterocycles. The quantitative estimate of drug-likeness (QED) is 0.773. The van der Waals surface area contributed by atoms with Crippen molar-refractivity contribution in [3.8, 4) is 17.0 Å². The van der Waals surface area contributed by atoms with Gasteiger partial charge in [0.1, 0.15) is 11.6 Å². The first-order valence-electron chi connectivity index (χ1n) is 9.48. The molecular weight excluding hydrogens is 338 g/mol. The largest absolute Gasteiger partial charge is 0.480 e. The van der Waals surface area contributed by atoms with E-state index in [0.29, 0.717) is 6.42 Å². The number of carbonyl (C=O) groups is 1. The summed E-state index contributed by atoms with van der Waals surface area (Å²) in [5.41, 5.74) is 3.83. The second kappa shape index (κ2) is 6.58. The van der Waals surface area contributed by atoms with Crippen LogP contribution in [0.3, 0.4) is 0 Å². The number of amides is 1.